The fourth-order valence-corrected chi connectivity index (χ4v) is 2.52. The molecule has 0 aromatic heterocycles. The van der Waals surface area contributed by atoms with Crippen LogP contribution in [0.15, 0.2) is 30.3 Å². The first-order valence-corrected chi connectivity index (χ1v) is 6.84. The van der Waals surface area contributed by atoms with E-state index in [0.29, 0.717) is 6.04 Å². The van der Waals surface area contributed by atoms with E-state index in [1.165, 1.54) is 38.0 Å². The van der Waals surface area contributed by atoms with E-state index in [0.717, 1.165) is 13.0 Å². The predicted octanol–water partition coefficient (Wildman–Crippen LogP) is 2.30. The number of benzene rings is 1. The molecular formula is C15H24N2. The second-order valence-corrected chi connectivity index (χ2v) is 5.10. The largest absolute Gasteiger partial charge is 0.313 e. The number of hydrogen-bond donors (Lipinski definition) is 1. The monoisotopic (exact) mass is 232 g/mol. The van der Waals surface area contributed by atoms with E-state index in [9.17, 15) is 0 Å². The molecule has 1 N–H and O–H groups in total. The van der Waals surface area contributed by atoms with Gasteiger partial charge in [0.05, 0.1) is 0 Å². The molecule has 1 aromatic carbocycles. The molecule has 1 aliphatic heterocycles. The highest BCUT2D eigenvalue weighted by atomic mass is 15.2. The third-order valence-electron chi connectivity index (χ3n) is 3.48. The van der Waals surface area contributed by atoms with E-state index in [1.54, 1.807) is 0 Å². The van der Waals surface area contributed by atoms with Gasteiger partial charge in [-0.05, 0) is 51.4 Å². The number of rotatable bonds is 6. The van der Waals surface area contributed by atoms with Crippen LogP contribution in [0.25, 0.3) is 0 Å². The summed E-state index contributed by atoms with van der Waals surface area (Å²) < 4.78 is 0. The van der Waals surface area contributed by atoms with Gasteiger partial charge in [0.15, 0.2) is 0 Å². The Morgan fingerprint density at radius 1 is 1.18 bits per heavy atom. The molecule has 94 valence electrons. The van der Waals surface area contributed by atoms with Gasteiger partial charge in [-0.3, -0.25) is 0 Å². The Labute approximate surface area is 105 Å². The van der Waals surface area contributed by atoms with Crippen LogP contribution < -0.4 is 5.32 Å². The maximum Gasteiger partial charge on any atom is 0.0166 e. The zero-order chi connectivity index (χ0) is 11.9. The Morgan fingerprint density at radius 3 is 2.59 bits per heavy atom. The van der Waals surface area contributed by atoms with Crippen molar-refractivity contribution in [1.29, 1.82) is 0 Å². The van der Waals surface area contributed by atoms with E-state index >= 15 is 0 Å². The molecule has 1 unspecified atom stereocenters. The first-order chi connectivity index (χ1) is 8.34. The standard InChI is InChI=1S/C15H24N2/c1-14(13-17-11-5-6-12-17)16-10-9-15-7-3-2-4-8-15/h2-4,7-8,14,16H,5-6,9-13H2,1H3. The van der Waals surface area contributed by atoms with Gasteiger partial charge in [-0.2, -0.15) is 0 Å². The molecule has 1 heterocycles. The summed E-state index contributed by atoms with van der Waals surface area (Å²) in [6.45, 7) is 7.17. The van der Waals surface area contributed by atoms with Crippen molar-refractivity contribution in [1.82, 2.24) is 10.2 Å². The molecule has 0 aliphatic carbocycles. The lowest BCUT2D eigenvalue weighted by molar-refractivity contribution is 0.299. The fraction of sp³-hybridized carbons (Fsp3) is 0.600. The summed E-state index contributed by atoms with van der Waals surface area (Å²) in [6, 6.07) is 11.3. The van der Waals surface area contributed by atoms with Crippen molar-refractivity contribution >= 4 is 0 Å². The van der Waals surface area contributed by atoms with Crippen molar-refractivity contribution in [2.24, 2.45) is 0 Å². The van der Waals surface area contributed by atoms with Crippen LogP contribution in [0.2, 0.25) is 0 Å². The molecule has 0 spiro atoms. The van der Waals surface area contributed by atoms with E-state index < -0.39 is 0 Å². The quantitative estimate of drug-likeness (QED) is 0.809. The van der Waals surface area contributed by atoms with Crippen LogP contribution in [0.3, 0.4) is 0 Å². The summed E-state index contributed by atoms with van der Waals surface area (Å²) in [6.07, 6.45) is 3.90. The lowest BCUT2D eigenvalue weighted by Gasteiger charge is -2.21. The molecule has 2 nitrogen and oxygen atoms in total. The maximum absolute atomic E-state index is 3.62. The third kappa shape index (κ3) is 4.49. The van der Waals surface area contributed by atoms with E-state index in [4.69, 9.17) is 0 Å². The lowest BCUT2D eigenvalue weighted by atomic mass is 10.1. The minimum absolute atomic E-state index is 0.608. The Hall–Kier alpha value is -0.860. The molecule has 1 aliphatic rings. The van der Waals surface area contributed by atoms with Crippen LogP contribution >= 0.6 is 0 Å². The first kappa shape index (κ1) is 12.6. The summed E-state index contributed by atoms with van der Waals surface area (Å²) in [5, 5.41) is 3.62. The molecule has 1 aromatic rings. The molecule has 1 saturated heterocycles. The molecule has 2 rings (SSSR count). The van der Waals surface area contributed by atoms with Crippen LogP contribution in [0.5, 0.6) is 0 Å². The highest BCUT2D eigenvalue weighted by Crippen LogP contribution is 2.07. The number of hydrogen-bond acceptors (Lipinski definition) is 2. The fourth-order valence-electron chi connectivity index (χ4n) is 2.52. The van der Waals surface area contributed by atoms with Crippen LogP contribution in [-0.2, 0) is 6.42 Å². The van der Waals surface area contributed by atoms with Gasteiger partial charge in [-0.25, -0.2) is 0 Å². The minimum atomic E-state index is 0.608. The summed E-state index contributed by atoms with van der Waals surface area (Å²) in [5.41, 5.74) is 1.42. The third-order valence-corrected chi connectivity index (χ3v) is 3.48. The molecule has 0 bridgehead atoms. The van der Waals surface area contributed by atoms with Gasteiger partial charge >= 0.3 is 0 Å². The molecule has 2 heteroatoms. The molecule has 0 saturated carbocycles. The maximum atomic E-state index is 3.62. The lowest BCUT2D eigenvalue weighted by Crippen LogP contribution is -2.38. The molecule has 1 fully saturated rings. The minimum Gasteiger partial charge on any atom is -0.313 e. The Balaban J connectivity index is 1.61. The Kier molecular flexibility index (Phi) is 5.02. The van der Waals surface area contributed by atoms with Crippen LogP contribution in [0, 0.1) is 0 Å². The predicted molar refractivity (Wildman–Crippen MR) is 73.3 cm³/mol. The second kappa shape index (κ2) is 6.77. The van der Waals surface area contributed by atoms with Gasteiger partial charge in [-0.1, -0.05) is 30.3 Å². The van der Waals surface area contributed by atoms with Gasteiger partial charge in [0.2, 0.25) is 0 Å². The average molecular weight is 232 g/mol. The average Bonchev–Trinajstić information content (AvgIpc) is 2.83. The number of nitrogens with one attached hydrogen (secondary N) is 1. The Bertz CT molecular complexity index is 304. The van der Waals surface area contributed by atoms with Gasteiger partial charge < -0.3 is 10.2 Å². The highest BCUT2D eigenvalue weighted by molar-refractivity contribution is 5.14. The van der Waals surface area contributed by atoms with Crippen LogP contribution in [0.4, 0.5) is 0 Å². The van der Waals surface area contributed by atoms with Crippen molar-refractivity contribution in [3.05, 3.63) is 35.9 Å². The van der Waals surface area contributed by atoms with Gasteiger partial charge in [0, 0.05) is 12.6 Å². The van der Waals surface area contributed by atoms with Crippen molar-refractivity contribution in [3.8, 4) is 0 Å². The topological polar surface area (TPSA) is 15.3 Å². The van der Waals surface area contributed by atoms with E-state index in [2.05, 4.69) is 47.5 Å². The van der Waals surface area contributed by atoms with Gasteiger partial charge in [0.25, 0.3) is 0 Å². The first-order valence-electron chi connectivity index (χ1n) is 6.84. The zero-order valence-corrected chi connectivity index (χ0v) is 10.9. The van der Waals surface area contributed by atoms with E-state index in [-0.39, 0.29) is 0 Å². The second-order valence-electron chi connectivity index (χ2n) is 5.10. The van der Waals surface area contributed by atoms with Crippen LogP contribution in [-0.4, -0.2) is 37.1 Å². The van der Waals surface area contributed by atoms with Gasteiger partial charge in [-0.15, -0.1) is 0 Å². The van der Waals surface area contributed by atoms with E-state index in [1.807, 2.05) is 0 Å². The van der Waals surface area contributed by atoms with Gasteiger partial charge in [0.1, 0.15) is 0 Å². The highest BCUT2D eigenvalue weighted by Gasteiger charge is 2.13. The summed E-state index contributed by atoms with van der Waals surface area (Å²) in [5.74, 6) is 0. The number of nitrogens with zero attached hydrogens (tertiary/aromatic N) is 1. The Morgan fingerprint density at radius 2 is 1.88 bits per heavy atom. The number of likely N-dealkylation sites (tertiary alicyclic amines) is 1. The molecule has 0 amide bonds. The normalized spacial score (nSPS) is 18.4. The smallest absolute Gasteiger partial charge is 0.0166 e. The van der Waals surface area contributed by atoms with Crippen molar-refractivity contribution in [2.75, 3.05) is 26.2 Å². The van der Waals surface area contributed by atoms with Crippen molar-refractivity contribution in [2.45, 2.75) is 32.2 Å². The van der Waals surface area contributed by atoms with Crippen molar-refractivity contribution < 1.29 is 0 Å². The molecule has 0 radical (unpaired) electrons. The molecule has 1 atom stereocenters. The summed E-state index contributed by atoms with van der Waals surface area (Å²) in [4.78, 5) is 2.57. The van der Waals surface area contributed by atoms with Crippen molar-refractivity contribution in [3.63, 3.8) is 0 Å². The zero-order valence-electron chi connectivity index (χ0n) is 10.9. The summed E-state index contributed by atoms with van der Waals surface area (Å²) in [7, 11) is 0. The molecule has 17 heavy (non-hydrogen) atoms. The molecular weight excluding hydrogens is 208 g/mol. The van der Waals surface area contributed by atoms with Crippen LogP contribution in [0.1, 0.15) is 25.3 Å². The summed E-state index contributed by atoms with van der Waals surface area (Å²) >= 11 is 0. The SMILES string of the molecule is CC(CN1CCCC1)NCCc1ccccc1.